The van der Waals surface area contributed by atoms with Crippen LogP contribution in [0.3, 0.4) is 0 Å². The van der Waals surface area contributed by atoms with E-state index in [0.717, 1.165) is 0 Å². The summed E-state index contributed by atoms with van der Waals surface area (Å²) >= 11 is 0. The Balaban J connectivity index is 2.37. The van der Waals surface area contributed by atoms with E-state index in [1.165, 1.54) is 15.2 Å². The molecular weight excluding hydrogens is 268 g/mol. The standard InChI is InChI=1S/C11H20N4O3S/c1-3-9-8-18-6-5-15(9)19(16,17)10-7-14(4-2)13-11(10)12/h7,9H,3-6,8H2,1-2H3,(H2,12,13). The predicted octanol–water partition coefficient (Wildman–Crippen LogP) is 0.285. The maximum Gasteiger partial charge on any atom is 0.248 e. The largest absolute Gasteiger partial charge is 0.381 e. The number of nitrogens with zero attached hydrogens (tertiary/aromatic N) is 3. The lowest BCUT2D eigenvalue weighted by atomic mass is 10.2. The number of rotatable bonds is 4. The number of hydrogen-bond acceptors (Lipinski definition) is 5. The van der Waals surface area contributed by atoms with Crippen molar-refractivity contribution in [2.45, 2.75) is 37.8 Å². The molecule has 0 amide bonds. The zero-order valence-electron chi connectivity index (χ0n) is 11.2. The Morgan fingerprint density at radius 1 is 1.53 bits per heavy atom. The average molecular weight is 288 g/mol. The Morgan fingerprint density at radius 3 is 2.84 bits per heavy atom. The fraction of sp³-hybridized carbons (Fsp3) is 0.727. The van der Waals surface area contributed by atoms with Gasteiger partial charge in [0.05, 0.1) is 13.2 Å². The molecule has 1 aliphatic heterocycles. The zero-order valence-corrected chi connectivity index (χ0v) is 12.1. The van der Waals surface area contributed by atoms with E-state index < -0.39 is 10.0 Å². The normalized spacial score (nSPS) is 21.7. The lowest BCUT2D eigenvalue weighted by Crippen LogP contribution is -2.48. The van der Waals surface area contributed by atoms with Crippen LogP contribution in [0.1, 0.15) is 20.3 Å². The number of ether oxygens (including phenoxy) is 1. The molecule has 0 saturated carbocycles. The number of nitrogens with two attached hydrogens (primary N) is 1. The average Bonchev–Trinajstić information content (AvgIpc) is 2.80. The quantitative estimate of drug-likeness (QED) is 0.859. The molecule has 0 bridgehead atoms. The molecule has 0 radical (unpaired) electrons. The van der Waals surface area contributed by atoms with Crippen LogP contribution in [0, 0.1) is 0 Å². The number of anilines is 1. The van der Waals surface area contributed by atoms with Gasteiger partial charge >= 0.3 is 0 Å². The molecule has 2 N–H and O–H groups in total. The summed E-state index contributed by atoms with van der Waals surface area (Å²) in [6.07, 6.45) is 2.20. The Morgan fingerprint density at radius 2 is 2.26 bits per heavy atom. The van der Waals surface area contributed by atoms with Gasteiger partial charge in [-0.25, -0.2) is 8.42 Å². The summed E-state index contributed by atoms with van der Waals surface area (Å²) in [6, 6.07) is -0.136. The second kappa shape index (κ2) is 5.48. The smallest absolute Gasteiger partial charge is 0.248 e. The van der Waals surface area contributed by atoms with E-state index in [4.69, 9.17) is 10.5 Å². The first-order chi connectivity index (χ1) is 9.00. The molecule has 0 aliphatic carbocycles. The van der Waals surface area contributed by atoms with Crippen molar-refractivity contribution < 1.29 is 13.2 Å². The highest BCUT2D eigenvalue weighted by Crippen LogP contribution is 2.25. The maximum atomic E-state index is 12.6. The Labute approximate surface area is 113 Å². The van der Waals surface area contributed by atoms with Crippen LogP contribution in [0.2, 0.25) is 0 Å². The molecule has 8 heteroatoms. The topological polar surface area (TPSA) is 90.5 Å². The van der Waals surface area contributed by atoms with E-state index in [0.29, 0.717) is 32.7 Å². The summed E-state index contributed by atoms with van der Waals surface area (Å²) in [5.41, 5.74) is 5.73. The first kappa shape index (κ1) is 14.3. The number of aromatic nitrogens is 2. The van der Waals surface area contributed by atoms with Gasteiger partial charge in [-0.1, -0.05) is 6.92 Å². The third-order valence-corrected chi connectivity index (χ3v) is 5.28. The summed E-state index contributed by atoms with van der Waals surface area (Å²) in [5.74, 6) is 0.0585. The summed E-state index contributed by atoms with van der Waals surface area (Å²) in [4.78, 5) is 0.0923. The first-order valence-electron chi connectivity index (χ1n) is 6.43. The molecule has 0 spiro atoms. The molecule has 2 heterocycles. The molecule has 19 heavy (non-hydrogen) atoms. The maximum absolute atomic E-state index is 12.6. The molecule has 1 aliphatic rings. The molecule has 1 unspecified atom stereocenters. The van der Waals surface area contributed by atoms with E-state index in [9.17, 15) is 8.42 Å². The van der Waals surface area contributed by atoms with Gasteiger partial charge in [-0.3, -0.25) is 4.68 Å². The summed E-state index contributed by atoms with van der Waals surface area (Å²) in [7, 11) is -3.60. The van der Waals surface area contributed by atoms with Crippen molar-refractivity contribution >= 4 is 15.8 Å². The Bertz CT molecular complexity index is 540. The molecule has 108 valence electrons. The van der Waals surface area contributed by atoms with Crippen molar-refractivity contribution in [1.82, 2.24) is 14.1 Å². The van der Waals surface area contributed by atoms with Gasteiger partial charge < -0.3 is 10.5 Å². The van der Waals surface area contributed by atoms with E-state index in [2.05, 4.69) is 5.10 Å². The van der Waals surface area contributed by atoms with Gasteiger partial charge in [-0.2, -0.15) is 9.40 Å². The predicted molar refractivity (Wildman–Crippen MR) is 71.1 cm³/mol. The number of aryl methyl sites for hydroxylation is 1. The highest BCUT2D eigenvalue weighted by Gasteiger charge is 2.35. The van der Waals surface area contributed by atoms with Crippen molar-refractivity contribution in [2.24, 2.45) is 0 Å². The van der Waals surface area contributed by atoms with Crippen LogP contribution in [-0.4, -0.2) is 48.3 Å². The van der Waals surface area contributed by atoms with Crippen molar-refractivity contribution in [2.75, 3.05) is 25.5 Å². The van der Waals surface area contributed by atoms with Gasteiger partial charge in [-0.15, -0.1) is 0 Å². The summed E-state index contributed by atoms with van der Waals surface area (Å²) < 4.78 is 33.6. The van der Waals surface area contributed by atoms with E-state index in [1.807, 2.05) is 13.8 Å². The minimum Gasteiger partial charge on any atom is -0.381 e. The first-order valence-corrected chi connectivity index (χ1v) is 7.87. The molecule has 7 nitrogen and oxygen atoms in total. The Kier molecular flexibility index (Phi) is 4.12. The lowest BCUT2D eigenvalue weighted by molar-refractivity contribution is 0.0314. The van der Waals surface area contributed by atoms with Crippen molar-refractivity contribution in [3.05, 3.63) is 6.20 Å². The number of sulfonamides is 1. The third kappa shape index (κ3) is 2.60. The molecule has 1 fully saturated rings. The molecule has 1 aromatic heterocycles. The van der Waals surface area contributed by atoms with Crippen LogP contribution >= 0.6 is 0 Å². The van der Waals surface area contributed by atoms with Crippen LogP contribution in [0.5, 0.6) is 0 Å². The van der Waals surface area contributed by atoms with Crippen molar-refractivity contribution in [3.8, 4) is 0 Å². The molecular formula is C11H20N4O3S. The van der Waals surface area contributed by atoms with Gasteiger partial charge in [0, 0.05) is 25.3 Å². The van der Waals surface area contributed by atoms with E-state index in [1.54, 1.807) is 0 Å². The van der Waals surface area contributed by atoms with E-state index >= 15 is 0 Å². The minimum atomic E-state index is -3.60. The second-order valence-electron chi connectivity index (χ2n) is 4.49. The van der Waals surface area contributed by atoms with E-state index in [-0.39, 0.29) is 16.8 Å². The lowest BCUT2D eigenvalue weighted by Gasteiger charge is -2.33. The monoisotopic (exact) mass is 288 g/mol. The summed E-state index contributed by atoms with van der Waals surface area (Å²) in [6.45, 7) is 5.61. The van der Waals surface area contributed by atoms with Gasteiger partial charge in [0.15, 0.2) is 5.82 Å². The molecule has 0 aromatic carbocycles. The highest BCUT2D eigenvalue weighted by molar-refractivity contribution is 7.89. The SMILES string of the molecule is CCC1COCCN1S(=O)(=O)c1cn(CC)nc1N. The van der Waals surface area contributed by atoms with Crippen LogP contribution < -0.4 is 5.73 Å². The zero-order chi connectivity index (χ0) is 14.0. The van der Waals surface area contributed by atoms with Gasteiger partial charge in [0.25, 0.3) is 0 Å². The van der Waals surface area contributed by atoms with Crippen LogP contribution in [0.25, 0.3) is 0 Å². The van der Waals surface area contributed by atoms with Gasteiger partial charge in [0.2, 0.25) is 10.0 Å². The van der Waals surface area contributed by atoms with Gasteiger partial charge in [0.1, 0.15) is 4.90 Å². The van der Waals surface area contributed by atoms with Crippen LogP contribution in [0.4, 0.5) is 5.82 Å². The summed E-state index contributed by atoms with van der Waals surface area (Å²) in [5, 5.41) is 4.00. The molecule has 1 atom stereocenters. The van der Waals surface area contributed by atoms with Crippen LogP contribution in [-0.2, 0) is 21.3 Å². The number of nitrogen functional groups attached to an aromatic ring is 1. The van der Waals surface area contributed by atoms with Gasteiger partial charge in [-0.05, 0) is 13.3 Å². The second-order valence-corrected chi connectivity index (χ2v) is 6.35. The third-order valence-electron chi connectivity index (χ3n) is 3.31. The molecule has 1 saturated heterocycles. The number of hydrogen-bond donors (Lipinski definition) is 1. The fourth-order valence-electron chi connectivity index (χ4n) is 2.18. The fourth-order valence-corrected chi connectivity index (χ4v) is 3.91. The van der Waals surface area contributed by atoms with Crippen molar-refractivity contribution in [3.63, 3.8) is 0 Å². The Hall–Kier alpha value is -1.12. The molecule has 2 rings (SSSR count). The minimum absolute atomic E-state index is 0.0585. The highest BCUT2D eigenvalue weighted by atomic mass is 32.2. The number of morpholine rings is 1. The van der Waals surface area contributed by atoms with Crippen LogP contribution in [0.15, 0.2) is 11.1 Å². The van der Waals surface area contributed by atoms with Crippen molar-refractivity contribution in [1.29, 1.82) is 0 Å². The molecule has 1 aromatic rings.